The van der Waals surface area contributed by atoms with Gasteiger partial charge in [0, 0.05) is 30.7 Å². The van der Waals surface area contributed by atoms with Crippen molar-refractivity contribution in [2.24, 2.45) is 0 Å². The topological polar surface area (TPSA) is 41.6 Å². The summed E-state index contributed by atoms with van der Waals surface area (Å²) in [5, 5.41) is 3.88. The second-order valence-corrected chi connectivity index (χ2v) is 5.53. The van der Waals surface area contributed by atoms with Gasteiger partial charge in [0.15, 0.2) is 0 Å². The Hall–Kier alpha value is -0.970. The summed E-state index contributed by atoms with van der Waals surface area (Å²) in [5.41, 5.74) is 0.556. The number of rotatable bonds is 4. The van der Waals surface area contributed by atoms with E-state index in [1.807, 2.05) is 11.8 Å². The number of carbonyl (C=O) groups is 1. The first kappa shape index (κ1) is 18.1. The summed E-state index contributed by atoms with van der Waals surface area (Å²) < 4.78 is 5.66. The quantitative estimate of drug-likeness (QED) is 0.921. The van der Waals surface area contributed by atoms with E-state index >= 15 is 0 Å². The Morgan fingerprint density at radius 2 is 2.29 bits per heavy atom. The lowest BCUT2D eigenvalue weighted by atomic mass is 10.1. The maximum absolute atomic E-state index is 12.6. The maximum atomic E-state index is 12.6. The smallest absolute Gasteiger partial charge is 0.257 e. The summed E-state index contributed by atoms with van der Waals surface area (Å²) in [4.78, 5) is 14.5. The first-order chi connectivity index (χ1) is 9.61. The molecule has 1 saturated heterocycles. The lowest BCUT2D eigenvalue weighted by molar-refractivity contribution is 0.0704. The van der Waals surface area contributed by atoms with Gasteiger partial charge in [-0.15, -0.1) is 12.4 Å². The Bertz CT molecular complexity index is 483. The first-order valence-corrected chi connectivity index (χ1v) is 7.44. The fraction of sp³-hybridized carbons (Fsp3) is 0.533. The molecule has 0 saturated carbocycles. The van der Waals surface area contributed by atoms with Crippen molar-refractivity contribution in [1.82, 2.24) is 10.2 Å². The zero-order chi connectivity index (χ0) is 14.5. The highest BCUT2D eigenvalue weighted by Crippen LogP contribution is 2.25. The zero-order valence-corrected chi connectivity index (χ0v) is 14.0. The van der Waals surface area contributed by atoms with Crippen molar-refractivity contribution in [3.63, 3.8) is 0 Å². The van der Waals surface area contributed by atoms with Crippen LogP contribution in [0.15, 0.2) is 18.2 Å². The Labute approximate surface area is 137 Å². The Morgan fingerprint density at radius 3 is 2.95 bits per heavy atom. The second-order valence-electron chi connectivity index (χ2n) is 5.10. The van der Waals surface area contributed by atoms with E-state index in [1.165, 1.54) is 0 Å². The fourth-order valence-electron chi connectivity index (χ4n) is 2.29. The molecule has 1 aliphatic heterocycles. The number of benzene rings is 1. The van der Waals surface area contributed by atoms with Gasteiger partial charge < -0.3 is 15.0 Å². The van der Waals surface area contributed by atoms with E-state index in [0.717, 1.165) is 13.0 Å². The van der Waals surface area contributed by atoms with Crippen LogP contribution < -0.4 is 10.1 Å². The summed E-state index contributed by atoms with van der Waals surface area (Å²) in [6.45, 7) is 6.95. The molecule has 1 amide bonds. The highest BCUT2D eigenvalue weighted by molar-refractivity contribution is 6.31. The van der Waals surface area contributed by atoms with Crippen LogP contribution in [0.1, 0.15) is 30.6 Å². The number of carbonyl (C=O) groups excluding carboxylic acids is 1. The van der Waals surface area contributed by atoms with Crippen LogP contribution in [0.25, 0.3) is 0 Å². The van der Waals surface area contributed by atoms with Gasteiger partial charge in [-0.2, -0.15) is 0 Å². The fourth-order valence-corrected chi connectivity index (χ4v) is 2.47. The molecular formula is C15H22Cl2N2O2. The summed E-state index contributed by atoms with van der Waals surface area (Å²) in [6, 6.07) is 5.54. The standard InChI is InChI=1S/C15H21ClN2O2.ClH/c1-3-8-20-14-5-4-12(16)9-13(14)15(19)18-7-6-17-11(2)10-18;/h4-5,9,11,17H,3,6-8,10H2,1-2H3;1H. The van der Waals surface area contributed by atoms with Gasteiger partial charge >= 0.3 is 0 Å². The Morgan fingerprint density at radius 1 is 1.52 bits per heavy atom. The summed E-state index contributed by atoms with van der Waals surface area (Å²) in [5.74, 6) is 0.611. The van der Waals surface area contributed by atoms with E-state index in [4.69, 9.17) is 16.3 Å². The number of halogens is 2. The number of nitrogens with one attached hydrogen (secondary N) is 1. The first-order valence-electron chi connectivity index (χ1n) is 7.06. The third-order valence-corrected chi connectivity index (χ3v) is 3.52. The minimum absolute atomic E-state index is 0. The van der Waals surface area contributed by atoms with Crippen molar-refractivity contribution >= 4 is 29.9 Å². The third-order valence-electron chi connectivity index (χ3n) is 3.29. The molecule has 0 spiro atoms. The third kappa shape index (κ3) is 4.77. The molecule has 1 aromatic carbocycles. The predicted molar refractivity (Wildman–Crippen MR) is 87.9 cm³/mol. The average Bonchev–Trinajstić information content (AvgIpc) is 2.45. The molecule has 6 heteroatoms. The van der Waals surface area contributed by atoms with Gasteiger partial charge in [0.1, 0.15) is 5.75 Å². The van der Waals surface area contributed by atoms with Crippen molar-refractivity contribution in [3.05, 3.63) is 28.8 Å². The molecule has 1 N–H and O–H groups in total. The van der Waals surface area contributed by atoms with E-state index in [2.05, 4.69) is 12.2 Å². The molecule has 0 aromatic heterocycles. The van der Waals surface area contributed by atoms with Gasteiger partial charge in [0.2, 0.25) is 0 Å². The second kappa shape index (κ2) is 8.47. The van der Waals surface area contributed by atoms with Gasteiger partial charge in [-0.1, -0.05) is 18.5 Å². The predicted octanol–water partition coefficient (Wildman–Crippen LogP) is 2.98. The summed E-state index contributed by atoms with van der Waals surface area (Å²) >= 11 is 6.02. The van der Waals surface area contributed by atoms with E-state index in [9.17, 15) is 4.79 Å². The van der Waals surface area contributed by atoms with Crippen molar-refractivity contribution in [3.8, 4) is 5.75 Å². The molecule has 1 atom stereocenters. The van der Waals surface area contributed by atoms with E-state index in [1.54, 1.807) is 18.2 Å². The summed E-state index contributed by atoms with van der Waals surface area (Å²) in [6.07, 6.45) is 0.904. The van der Waals surface area contributed by atoms with Crippen LogP contribution in [-0.2, 0) is 0 Å². The molecule has 1 heterocycles. The molecule has 1 aliphatic rings. The molecule has 118 valence electrons. The number of hydrogen-bond donors (Lipinski definition) is 1. The van der Waals surface area contributed by atoms with Crippen LogP contribution in [0, 0.1) is 0 Å². The lowest BCUT2D eigenvalue weighted by Crippen LogP contribution is -2.51. The van der Waals surface area contributed by atoms with Crippen LogP contribution in [0.4, 0.5) is 0 Å². The van der Waals surface area contributed by atoms with Crippen molar-refractivity contribution in [2.75, 3.05) is 26.2 Å². The molecule has 21 heavy (non-hydrogen) atoms. The van der Waals surface area contributed by atoms with Crippen LogP contribution in [0.5, 0.6) is 5.75 Å². The lowest BCUT2D eigenvalue weighted by Gasteiger charge is -2.32. The Balaban J connectivity index is 0.00000220. The van der Waals surface area contributed by atoms with E-state index in [-0.39, 0.29) is 18.3 Å². The average molecular weight is 333 g/mol. The zero-order valence-electron chi connectivity index (χ0n) is 12.4. The highest BCUT2D eigenvalue weighted by atomic mass is 35.5. The van der Waals surface area contributed by atoms with E-state index in [0.29, 0.717) is 42.1 Å². The molecule has 1 fully saturated rings. The molecule has 2 rings (SSSR count). The molecule has 4 nitrogen and oxygen atoms in total. The number of ether oxygens (including phenoxy) is 1. The van der Waals surface area contributed by atoms with Crippen molar-refractivity contribution in [2.45, 2.75) is 26.3 Å². The molecular weight excluding hydrogens is 311 g/mol. The molecule has 1 unspecified atom stereocenters. The molecule has 0 radical (unpaired) electrons. The SMILES string of the molecule is CCCOc1ccc(Cl)cc1C(=O)N1CCNC(C)C1.Cl. The van der Waals surface area contributed by atoms with Gasteiger partial charge in [-0.05, 0) is 31.5 Å². The number of hydrogen-bond acceptors (Lipinski definition) is 3. The number of piperazine rings is 1. The highest BCUT2D eigenvalue weighted by Gasteiger charge is 2.24. The van der Waals surface area contributed by atoms with Gasteiger partial charge in [0.25, 0.3) is 5.91 Å². The number of nitrogens with zero attached hydrogens (tertiary/aromatic N) is 1. The largest absolute Gasteiger partial charge is 0.493 e. The van der Waals surface area contributed by atoms with Gasteiger partial charge in [0.05, 0.1) is 12.2 Å². The van der Waals surface area contributed by atoms with E-state index < -0.39 is 0 Å². The van der Waals surface area contributed by atoms with Crippen LogP contribution >= 0.6 is 24.0 Å². The number of amides is 1. The van der Waals surface area contributed by atoms with Crippen LogP contribution in [-0.4, -0.2) is 43.1 Å². The minimum atomic E-state index is -0.00745. The van der Waals surface area contributed by atoms with Gasteiger partial charge in [-0.3, -0.25) is 4.79 Å². The molecule has 0 aliphatic carbocycles. The van der Waals surface area contributed by atoms with Crippen LogP contribution in [0.3, 0.4) is 0 Å². The summed E-state index contributed by atoms with van der Waals surface area (Å²) in [7, 11) is 0. The normalized spacial score (nSPS) is 18.0. The van der Waals surface area contributed by atoms with Crippen molar-refractivity contribution < 1.29 is 9.53 Å². The maximum Gasteiger partial charge on any atom is 0.257 e. The molecule has 1 aromatic rings. The van der Waals surface area contributed by atoms with Crippen molar-refractivity contribution in [1.29, 1.82) is 0 Å². The Kier molecular flexibility index (Phi) is 7.29. The molecule has 0 bridgehead atoms. The monoisotopic (exact) mass is 332 g/mol. The van der Waals surface area contributed by atoms with Crippen LogP contribution in [0.2, 0.25) is 5.02 Å². The minimum Gasteiger partial charge on any atom is -0.493 e. The van der Waals surface area contributed by atoms with Gasteiger partial charge in [-0.25, -0.2) is 0 Å².